The highest BCUT2D eigenvalue weighted by Gasteiger charge is 2.23. The largest absolute Gasteiger partial charge is 0.493 e. The predicted molar refractivity (Wildman–Crippen MR) is 112 cm³/mol. The number of hydrogen-bond donors (Lipinski definition) is 1. The zero-order valence-corrected chi connectivity index (χ0v) is 18.0. The van der Waals surface area contributed by atoms with Crippen LogP contribution in [-0.4, -0.2) is 74.6 Å². The Morgan fingerprint density at radius 2 is 1.62 bits per heavy atom. The van der Waals surface area contributed by atoms with Crippen molar-refractivity contribution in [2.24, 2.45) is 0 Å². The summed E-state index contributed by atoms with van der Waals surface area (Å²) in [6.07, 6.45) is 0. The second-order valence-electron chi connectivity index (χ2n) is 7.46. The van der Waals surface area contributed by atoms with Crippen LogP contribution in [0.15, 0.2) is 18.2 Å². The van der Waals surface area contributed by atoms with Gasteiger partial charge in [-0.3, -0.25) is 14.6 Å². The van der Waals surface area contributed by atoms with Gasteiger partial charge in [0.1, 0.15) is 0 Å². The molecule has 0 aliphatic carbocycles. The third kappa shape index (κ3) is 4.74. The minimum atomic E-state index is 0.182. The highest BCUT2D eigenvalue weighted by atomic mass is 16.5. The molecule has 7 nitrogen and oxygen atoms in total. The van der Waals surface area contributed by atoms with E-state index in [0.717, 1.165) is 55.2 Å². The van der Waals surface area contributed by atoms with Crippen molar-refractivity contribution in [3.63, 3.8) is 0 Å². The molecule has 1 aliphatic heterocycles. The molecule has 1 N–H and O–H groups in total. The number of ether oxygens (including phenoxy) is 3. The Morgan fingerprint density at radius 1 is 0.966 bits per heavy atom. The van der Waals surface area contributed by atoms with Crippen LogP contribution in [0.3, 0.4) is 0 Å². The van der Waals surface area contributed by atoms with Gasteiger partial charge in [-0.25, -0.2) is 0 Å². The lowest BCUT2D eigenvalue weighted by molar-refractivity contribution is 0.0842. The average molecular weight is 402 g/mol. The van der Waals surface area contributed by atoms with E-state index in [0.29, 0.717) is 23.8 Å². The standard InChI is InChI=1S/C22H31N3O4/c1-15-12-18(16(2)23-15)19(26)14-25-10-8-24(9-11-25)13-17-6-7-20(27-3)22(29-5)21(17)28-4/h6-7,12,23H,8-11,13-14H2,1-5H3. The first-order valence-electron chi connectivity index (χ1n) is 9.88. The fourth-order valence-electron chi connectivity index (χ4n) is 3.94. The molecule has 3 rings (SSSR count). The quantitative estimate of drug-likeness (QED) is 0.686. The number of aromatic amines is 1. The van der Waals surface area contributed by atoms with Crippen LogP contribution in [0.25, 0.3) is 0 Å². The molecule has 0 radical (unpaired) electrons. The van der Waals surface area contributed by atoms with Gasteiger partial charge in [0.25, 0.3) is 0 Å². The van der Waals surface area contributed by atoms with E-state index in [-0.39, 0.29) is 5.78 Å². The molecule has 1 fully saturated rings. The third-order valence-corrected chi connectivity index (χ3v) is 5.46. The van der Waals surface area contributed by atoms with Crippen molar-refractivity contribution >= 4 is 5.78 Å². The van der Waals surface area contributed by atoms with Gasteiger partial charge in [-0.15, -0.1) is 0 Å². The molecule has 2 heterocycles. The Morgan fingerprint density at radius 3 is 2.17 bits per heavy atom. The number of ketones is 1. The maximum absolute atomic E-state index is 12.6. The van der Waals surface area contributed by atoms with Crippen molar-refractivity contribution < 1.29 is 19.0 Å². The number of benzene rings is 1. The van der Waals surface area contributed by atoms with Crippen LogP contribution >= 0.6 is 0 Å². The van der Waals surface area contributed by atoms with E-state index in [9.17, 15) is 4.79 Å². The molecule has 0 spiro atoms. The summed E-state index contributed by atoms with van der Waals surface area (Å²) in [6, 6.07) is 5.87. The lowest BCUT2D eigenvalue weighted by Crippen LogP contribution is -2.47. The summed E-state index contributed by atoms with van der Waals surface area (Å²) in [5.41, 5.74) is 3.85. The lowest BCUT2D eigenvalue weighted by Gasteiger charge is -2.34. The van der Waals surface area contributed by atoms with E-state index in [1.54, 1.807) is 21.3 Å². The van der Waals surface area contributed by atoms with Crippen LogP contribution in [-0.2, 0) is 6.54 Å². The first-order chi connectivity index (χ1) is 14.0. The molecule has 158 valence electrons. The normalized spacial score (nSPS) is 15.3. The molecule has 0 saturated carbocycles. The van der Waals surface area contributed by atoms with Crippen molar-refractivity contribution in [1.82, 2.24) is 14.8 Å². The highest BCUT2D eigenvalue weighted by Crippen LogP contribution is 2.40. The molecule has 0 unspecified atom stereocenters. The molecule has 0 amide bonds. The van der Waals surface area contributed by atoms with E-state index in [4.69, 9.17) is 14.2 Å². The third-order valence-electron chi connectivity index (χ3n) is 5.46. The van der Waals surface area contributed by atoms with Gasteiger partial charge < -0.3 is 19.2 Å². The minimum absolute atomic E-state index is 0.182. The summed E-state index contributed by atoms with van der Waals surface area (Å²) < 4.78 is 16.4. The summed E-state index contributed by atoms with van der Waals surface area (Å²) in [6.45, 7) is 8.69. The number of nitrogens with one attached hydrogen (secondary N) is 1. The molecule has 2 aromatic rings. The molecule has 0 atom stereocenters. The first kappa shape index (κ1) is 21.2. The monoisotopic (exact) mass is 401 g/mol. The van der Waals surface area contributed by atoms with E-state index in [2.05, 4.69) is 14.8 Å². The number of nitrogens with zero attached hydrogens (tertiary/aromatic N) is 2. The number of aromatic nitrogens is 1. The van der Waals surface area contributed by atoms with E-state index < -0.39 is 0 Å². The number of hydrogen-bond acceptors (Lipinski definition) is 6. The van der Waals surface area contributed by atoms with E-state index in [1.807, 2.05) is 32.0 Å². The number of aryl methyl sites for hydroxylation is 2. The fraction of sp³-hybridized carbons (Fsp3) is 0.500. The highest BCUT2D eigenvalue weighted by molar-refractivity contribution is 5.98. The predicted octanol–water partition coefficient (Wildman–Crippen LogP) is 2.66. The average Bonchev–Trinajstić information content (AvgIpc) is 3.07. The minimum Gasteiger partial charge on any atom is -0.493 e. The summed E-state index contributed by atoms with van der Waals surface area (Å²) in [5.74, 6) is 2.17. The Bertz CT molecular complexity index is 854. The lowest BCUT2D eigenvalue weighted by atomic mass is 10.1. The van der Waals surface area contributed by atoms with Crippen molar-refractivity contribution in [3.05, 3.63) is 40.7 Å². The smallest absolute Gasteiger partial charge is 0.203 e. The molecular formula is C22H31N3O4. The summed E-state index contributed by atoms with van der Waals surface area (Å²) in [4.78, 5) is 20.4. The van der Waals surface area contributed by atoms with E-state index >= 15 is 0 Å². The van der Waals surface area contributed by atoms with Crippen molar-refractivity contribution in [2.75, 3.05) is 54.1 Å². The number of methoxy groups -OCH3 is 3. The Hall–Kier alpha value is -2.51. The fourth-order valence-corrected chi connectivity index (χ4v) is 3.94. The molecular weight excluding hydrogens is 370 g/mol. The van der Waals surface area contributed by atoms with Gasteiger partial charge in [0.05, 0.1) is 27.9 Å². The Labute approximate surface area is 172 Å². The van der Waals surface area contributed by atoms with Gasteiger partial charge in [-0.2, -0.15) is 0 Å². The van der Waals surface area contributed by atoms with Gasteiger partial charge in [0, 0.05) is 55.2 Å². The number of H-pyrrole nitrogens is 1. The van der Waals surface area contributed by atoms with E-state index in [1.165, 1.54) is 0 Å². The molecule has 1 saturated heterocycles. The molecule has 1 aromatic carbocycles. The van der Waals surface area contributed by atoms with Gasteiger partial charge in [-0.1, -0.05) is 6.07 Å². The van der Waals surface area contributed by atoms with Crippen molar-refractivity contribution in [2.45, 2.75) is 20.4 Å². The maximum Gasteiger partial charge on any atom is 0.203 e. The molecule has 1 aliphatic rings. The Kier molecular flexibility index (Phi) is 6.82. The molecule has 7 heteroatoms. The summed E-state index contributed by atoms with van der Waals surface area (Å²) in [5, 5.41) is 0. The second-order valence-corrected chi connectivity index (χ2v) is 7.46. The second kappa shape index (κ2) is 9.33. The molecule has 1 aromatic heterocycles. The molecule has 0 bridgehead atoms. The zero-order valence-electron chi connectivity index (χ0n) is 18.0. The van der Waals surface area contributed by atoms with Crippen LogP contribution in [0.4, 0.5) is 0 Å². The van der Waals surface area contributed by atoms with Crippen molar-refractivity contribution in [1.29, 1.82) is 0 Å². The summed E-state index contributed by atoms with van der Waals surface area (Å²) >= 11 is 0. The van der Waals surface area contributed by atoms with Crippen molar-refractivity contribution in [3.8, 4) is 17.2 Å². The van der Waals surface area contributed by atoms with Crippen LogP contribution in [0, 0.1) is 13.8 Å². The number of piperazine rings is 1. The molecule has 29 heavy (non-hydrogen) atoms. The number of rotatable bonds is 8. The summed E-state index contributed by atoms with van der Waals surface area (Å²) in [7, 11) is 4.89. The van der Waals surface area contributed by atoms with Gasteiger partial charge in [0.2, 0.25) is 5.75 Å². The Balaban J connectivity index is 1.59. The topological polar surface area (TPSA) is 67.0 Å². The maximum atomic E-state index is 12.6. The number of Topliss-reactive ketones (excluding diaryl/α,β-unsaturated/α-hetero) is 1. The van der Waals surface area contributed by atoms with Gasteiger partial charge in [-0.05, 0) is 26.0 Å². The number of carbonyl (C=O) groups excluding carboxylic acids is 1. The number of carbonyl (C=O) groups is 1. The SMILES string of the molecule is COc1ccc(CN2CCN(CC(=O)c3cc(C)[nH]c3C)CC2)c(OC)c1OC. The van der Waals surface area contributed by atoms with Crippen LogP contribution in [0.2, 0.25) is 0 Å². The van der Waals surface area contributed by atoms with Gasteiger partial charge >= 0.3 is 0 Å². The van der Waals surface area contributed by atoms with Crippen LogP contribution < -0.4 is 14.2 Å². The van der Waals surface area contributed by atoms with Gasteiger partial charge in [0.15, 0.2) is 17.3 Å². The van der Waals surface area contributed by atoms with Crippen LogP contribution in [0.5, 0.6) is 17.2 Å². The first-order valence-corrected chi connectivity index (χ1v) is 9.88. The van der Waals surface area contributed by atoms with Crippen LogP contribution in [0.1, 0.15) is 27.3 Å². The zero-order chi connectivity index (χ0) is 21.0.